The Bertz CT molecular complexity index is 533. The molecule has 0 saturated carbocycles. The molecule has 0 aliphatic heterocycles. The van der Waals surface area contributed by atoms with Gasteiger partial charge in [0.1, 0.15) is 10.3 Å². The molecule has 78 valence electrons. The number of hydrogen-bond donors (Lipinski definition) is 0. The van der Waals surface area contributed by atoms with Crippen molar-refractivity contribution in [3.05, 3.63) is 28.5 Å². The zero-order chi connectivity index (χ0) is 11.0. The van der Waals surface area contributed by atoms with Gasteiger partial charge in [0, 0.05) is 18.6 Å². The Morgan fingerprint density at radius 1 is 1.53 bits per heavy atom. The van der Waals surface area contributed by atoms with Gasteiger partial charge in [0.15, 0.2) is 0 Å². The predicted molar refractivity (Wildman–Crippen MR) is 59.8 cm³/mol. The first-order valence-electron chi connectivity index (χ1n) is 4.33. The van der Waals surface area contributed by atoms with Gasteiger partial charge in [-0.25, -0.2) is 9.78 Å². The highest BCUT2D eigenvalue weighted by Gasteiger charge is 2.14. The lowest BCUT2D eigenvalue weighted by atomic mass is 10.2. The van der Waals surface area contributed by atoms with Crippen molar-refractivity contribution >= 4 is 32.9 Å². The molecular formula is C10H9BrN2O2. The van der Waals surface area contributed by atoms with Crippen LogP contribution >= 0.6 is 15.9 Å². The fourth-order valence-corrected chi connectivity index (χ4v) is 1.80. The third-order valence-electron chi connectivity index (χ3n) is 2.19. The normalized spacial score (nSPS) is 10.6. The van der Waals surface area contributed by atoms with E-state index in [0.29, 0.717) is 5.56 Å². The molecule has 4 nitrogen and oxygen atoms in total. The van der Waals surface area contributed by atoms with E-state index in [1.165, 1.54) is 7.11 Å². The van der Waals surface area contributed by atoms with Crippen LogP contribution in [0, 0.1) is 0 Å². The van der Waals surface area contributed by atoms with Gasteiger partial charge in [-0.05, 0) is 28.1 Å². The number of nitrogens with zero attached hydrogens (tertiary/aromatic N) is 2. The molecule has 0 amide bonds. The van der Waals surface area contributed by atoms with E-state index in [0.717, 1.165) is 15.6 Å². The van der Waals surface area contributed by atoms with Crippen LogP contribution in [0.2, 0.25) is 0 Å². The van der Waals surface area contributed by atoms with Crippen LogP contribution in [0.1, 0.15) is 10.4 Å². The van der Waals surface area contributed by atoms with Crippen molar-refractivity contribution in [3.8, 4) is 0 Å². The number of hydrogen-bond acceptors (Lipinski definition) is 3. The zero-order valence-electron chi connectivity index (χ0n) is 8.32. The van der Waals surface area contributed by atoms with Crippen molar-refractivity contribution in [1.82, 2.24) is 9.55 Å². The molecule has 2 heterocycles. The summed E-state index contributed by atoms with van der Waals surface area (Å²) in [5.41, 5.74) is 1.29. The number of rotatable bonds is 1. The smallest absolute Gasteiger partial charge is 0.340 e. The number of carbonyl (C=O) groups is 1. The fraction of sp³-hybridized carbons (Fsp3) is 0.200. The van der Waals surface area contributed by atoms with E-state index in [2.05, 4.69) is 20.9 Å². The van der Waals surface area contributed by atoms with Crippen molar-refractivity contribution < 1.29 is 9.53 Å². The summed E-state index contributed by atoms with van der Waals surface area (Å²) < 4.78 is 7.24. The standard InChI is InChI=1S/C10H9BrN2O2/c1-13-5-7(10(14)15-2)6-3-4-8(11)12-9(6)13/h3-5H,1-2H3. The molecule has 2 aromatic heterocycles. The summed E-state index contributed by atoms with van der Waals surface area (Å²) in [5.74, 6) is -0.343. The molecule has 0 aliphatic rings. The Hall–Kier alpha value is -1.36. The number of aryl methyl sites for hydroxylation is 1. The summed E-state index contributed by atoms with van der Waals surface area (Å²) in [6.07, 6.45) is 1.72. The van der Waals surface area contributed by atoms with Crippen LogP contribution in [-0.2, 0) is 11.8 Å². The molecule has 2 aromatic rings. The van der Waals surface area contributed by atoms with E-state index in [-0.39, 0.29) is 5.97 Å². The minimum absolute atomic E-state index is 0.343. The van der Waals surface area contributed by atoms with Crippen molar-refractivity contribution in [2.75, 3.05) is 7.11 Å². The first-order chi connectivity index (χ1) is 7.13. The molecule has 0 spiro atoms. The van der Waals surface area contributed by atoms with E-state index in [1.54, 1.807) is 16.8 Å². The quantitative estimate of drug-likeness (QED) is 0.588. The maximum absolute atomic E-state index is 11.5. The highest BCUT2D eigenvalue weighted by Crippen LogP contribution is 2.21. The monoisotopic (exact) mass is 268 g/mol. The zero-order valence-corrected chi connectivity index (χ0v) is 9.91. The Morgan fingerprint density at radius 3 is 2.93 bits per heavy atom. The van der Waals surface area contributed by atoms with E-state index >= 15 is 0 Å². The van der Waals surface area contributed by atoms with Crippen LogP contribution in [0.4, 0.5) is 0 Å². The van der Waals surface area contributed by atoms with Crippen LogP contribution in [0.3, 0.4) is 0 Å². The summed E-state index contributed by atoms with van der Waals surface area (Å²) in [6, 6.07) is 3.65. The Kier molecular flexibility index (Phi) is 2.48. The van der Waals surface area contributed by atoms with Crippen LogP contribution < -0.4 is 0 Å². The average molecular weight is 269 g/mol. The number of fused-ring (bicyclic) bond motifs is 1. The van der Waals surface area contributed by atoms with Crippen molar-refractivity contribution in [2.24, 2.45) is 7.05 Å². The van der Waals surface area contributed by atoms with Gasteiger partial charge in [0.05, 0.1) is 12.7 Å². The molecule has 0 aliphatic carbocycles. The van der Waals surface area contributed by atoms with Crippen LogP contribution in [0.5, 0.6) is 0 Å². The number of ether oxygens (including phenoxy) is 1. The minimum Gasteiger partial charge on any atom is -0.465 e. The van der Waals surface area contributed by atoms with E-state index in [1.807, 2.05) is 13.1 Å². The molecule has 0 fully saturated rings. The maximum Gasteiger partial charge on any atom is 0.340 e. The number of pyridine rings is 1. The molecule has 0 unspecified atom stereocenters. The molecule has 0 saturated heterocycles. The third kappa shape index (κ3) is 1.63. The molecule has 0 atom stereocenters. The van der Waals surface area contributed by atoms with Gasteiger partial charge in [0.2, 0.25) is 0 Å². The number of methoxy groups -OCH3 is 1. The van der Waals surface area contributed by atoms with Gasteiger partial charge in [-0.15, -0.1) is 0 Å². The van der Waals surface area contributed by atoms with Crippen molar-refractivity contribution in [3.63, 3.8) is 0 Å². The molecule has 5 heteroatoms. The highest BCUT2D eigenvalue weighted by atomic mass is 79.9. The Morgan fingerprint density at radius 2 is 2.27 bits per heavy atom. The first-order valence-corrected chi connectivity index (χ1v) is 5.12. The fourth-order valence-electron chi connectivity index (χ4n) is 1.50. The summed E-state index contributed by atoms with van der Waals surface area (Å²) in [7, 11) is 3.21. The van der Waals surface area contributed by atoms with Gasteiger partial charge in [-0.3, -0.25) is 0 Å². The SMILES string of the molecule is COC(=O)c1cn(C)c2nc(Br)ccc12. The first kappa shape index (κ1) is 10.2. The van der Waals surface area contributed by atoms with E-state index in [4.69, 9.17) is 4.74 Å². The van der Waals surface area contributed by atoms with Crippen LogP contribution in [-0.4, -0.2) is 22.6 Å². The summed E-state index contributed by atoms with van der Waals surface area (Å²) in [6.45, 7) is 0. The molecule has 0 N–H and O–H groups in total. The van der Waals surface area contributed by atoms with Crippen molar-refractivity contribution in [2.45, 2.75) is 0 Å². The summed E-state index contributed by atoms with van der Waals surface area (Å²) in [5, 5.41) is 0.799. The molecule has 15 heavy (non-hydrogen) atoms. The largest absolute Gasteiger partial charge is 0.465 e. The van der Waals surface area contributed by atoms with E-state index < -0.39 is 0 Å². The third-order valence-corrected chi connectivity index (χ3v) is 2.64. The topological polar surface area (TPSA) is 44.1 Å². The second kappa shape index (κ2) is 3.66. The van der Waals surface area contributed by atoms with Crippen LogP contribution in [0.15, 0.2) is 22.9 Å². The van der Waals surface area contributed by atoms with Gasteiger partial charge < -0.3 is 9.30 Å². The van der Waals surface area contributed by atoms with Crippen molar-refractivity contribution in [1.29, 1.82) is 0 Å². The van der Waals surface area contributed by atoms with E-state index in [9.17, 15) is 4.79 Å². The second-order valence-corrected chi connectivity index (χ2v) is 3.96. The number of aromatic nitrogens is 2. The lowest BCUT2D eigenvalue weighted by molar-refractivity contribution is 0.0603. The number of esters is 1. The second-order valence-electron chi connectivity index (χ2n) is 3.15. The van der Waals surface area contributed by atoms with Gasteiger partial charge in [0.25, 0.3) is 0 Å². The van der Waals surface area contributed by atoms with Gasteiger partial charge in [-0.1, -0.05) is 0 Å². The molecular weight excluding hydrogens is 260 g/mol. The lowest BCUT2D eigenvalue weighted by Crippen LogP contribution is -1.99. The number of carbonyl (C=O) groups excluding carboxylic acids is 1. The Labute approximate surface area is 95.0 Å². The predicted octanol–water partition coefficient (Wildman–Crippen LogP) is 2.12. The summed E-state index contributed by atoms with van der Waals surface area (Å²) >= 11 is 3.29. The molecule has 0 aromatic carbocycles. The van der Waals surface area contributed by atoms with Crippen LogP contribution in [0.25, 0.3) is 11.0 Å². The number of halogens is 1. The molecule has 0 radical (unpaired) electrons. The summed E-state index contributed by atoms with van der Waals surface area (Å²) in [4.78, 5) is 15.7. The maximum atomic E-state index is 11.5. The van der Waals surface area contributed by atoms with Gasteiger partial charge in [-0.2, -0.15) is 0 Å². The highest BCUT2D eigenvalue weighted by molar-refractivity contribution is 9.10. The van der Waals surface area contributed by atoms with Gasteiger partial charge >= 0.3 is 5.97 Å². The average Bonchev–Trinajstić information content (AvgIpc) is 2.55. The lowest BCUT2D eigenvalue weighted by Gasteiger charge is -1.96. The molecule has 2 rings (SSSR count). The Balaban J connectivity index is 2.73. The molecule has 0 bridgehead atoms. The minimum atomic E-state index is -0.343.